The van der Waals surface area contributed by atoms with Crippen LogP contribution in [0.25, 0.3) is 0 Å². The van der Waals surface area contributed by atoms with Crippen molar-refractivity contribution in [2.75, 3.05) is 31.0 Å². The first kappa shape index (κ1) is 25.3. The van der Waals surface area contributed by atoms with E-state index in [2.05, 4.69) is 10.3 Å². The smallest absolute Gasteiger partial charge is 0.348 e. The fraction of sp³-hybridized carbons (Fsp3) is 0.346. The molecule has 4 rings (SSSR count). The number of fused-ring (bicyclic) bond motifs is 1. The van der Waals surface area contributed by atoms with Crippen molar-refractivity contribution in [2.24, 2.45) is 0 Å². The van der Waals surface area contributed by atoms with E-state index in [1.165, 1.54) is 16.8 Å². The van der Waals surface area contributed by atoms with E-state index >= 15 is 0 Å². The second kappa shape index (κ2) is 9.67. The predicted molar refractivity (Wildman–Crippen MR) is 132 cm³/mol. The summed E-state index contributed by atoms with van der Waals surface area (Å²) in [4.78, 5) is 32.8. The Kier molecular flexibility index (Phi) is 6.79. The highest BCUT2D eigenvalue weighted by molar-refractivity contribution is 5.94. The first-order valence-corrected chi connectivity index (χ1v) is 11.6. The van der Waals surface area contributed by atoms with E-state index in [0.717, 1.165) is 17.7 Å². The number of aromatic nitrogens is 2. The minimum atomic E-state index is -4.41. The van der Waals surface area contributed by atoms with Gasteiger partial charge in [-0.2, -0.15) is 17.8 Å². The number of amides is 1. The van der Waals surface area contributed by atoms with Gasteiger partial charge in [-0.25, -0.2) is 4.98 Å². The van der Waals surface area contributed by atoms with Gasteiger partial charge in [0.25, 0.3) is 11.5 Å². The number of hydrogen-bond donors (Lipinski definition) is 1. The Morgan fingerprint density at radius 1 is 1.08 bits per heavy atom. The molecule has 1 aromatic heterocycles. The number of anilines is 1. The summed E-state index contributed by atoms with van der Waals surface area (Å²) in [6.07, 6.45) is -3.99. The molecule has 0 fully saturated rings. The number of halogens is 3. The molecule has 0 bridgehead atoms. The minimum Gasteiger partial charge on any atom is -0.348 e. The number of carbonyl (C=O) groups is 1. The molecule has 36 heavy (non-hydrogen) atoms. The molecule has 1 amide bonds. The lowest BCUT2D eigenvalue weighted by molar-refractivity contribution is -0.137. The van der Waals surface area contributed by atoms with E-state index in [1.807, 2.05) is 19.1 Å². The van der Waals surface area contributed by atoms with Crippen molar-refractivity contribution in [3.05, 3.63) is 92.4 Å². The highest BCUT2D eigenvalue weighted by atomic mass is 19.4. The van der Waals surface area contributed by atoms with Gasteiger partial charge in [0, 0.05) is 32.6 Å². The van der Waals surface area contributed by atoms with Gasteiger partial charge in [0.2, 0.25) is 5.95 Å². The van der Waals surface area contributed by atoms with Crippen molar-refractivity contribution in [2.45, 2.75) is 39.0 Å². The minimum absolute atomic E-state index is 0.144. The lowest BCUT2D eigenvalue weighted by Crippen LogP contribution is -2.45. The first-order valence-electron chi connectivity index (χ1n) is 11.6. The number of aryl methyl sites for hydroxylation is 1. The van der Waals surface area contributed by atoms with Crippen LogP contribution in [0.4, 0.5) is 19.1 Å². The van der Waals surface area contributed by atoms with Crippen LogP contribution < -0.4 is 15.9 Å². The van der Waals surface area contributed by atoms with E-state index in [9.17, 15) is 22.8 Å². The molecule has 1 aliphatic heterocycles. The highest BCUT2D eigenvalue weighted by Gasteiger charge is 2.31. The Balaban J connectivity index is 1.61. The fourth-order valence-corrected chi connectivity index (χ4v) is 4.22. The Bertz CT molecular complexity index is 1320. The maximum absolute atomic E-state index is 13.5. The lowest BCUT2D eigenvalue weighted by atomic mass is 10.0. The maximum Gasteiger partial charge on any atom is 0.416 e. The van der Waals surface area contributed by atoms with Crippen LogP contribution in [-0.4, -0.2) is 41.1 Å². The average molecular weight is 500 g/mol. The topological polar surface area (TPSA) is 70.5 Å². The summed E-state index contributed by atoms with van der Waals surface area (Å²) in [6.45, 7) is 4.31. The SMILES string of the molecule is Cc1ccc(C(=O)N2CCc3nc(NC(C)c4ccc(C(F)(F)F)cc4)n(N(C)C)c(=O)c3C2)cc1. The molecule has 10 heteroatoms. The third-order valence-electron chi connectivity index (χ3n) is 6.28. The van der Waals surface area contributed by atoms with Crippen molar-refractivity contribution in [1.29, 1.82) is 0 Å². The molecule has 1 atom stereocenters. The number of rotatable bonds is 5. The van der Waals surface area contributed by atoms with Crippen LogP contribution in [0.1, 0.15) is 51.3 Å². The molecule has 1 aliphatic rings. The molecular formula is C26H28F3N5O2. The summed E-state index contributed by atoms with van der Waals surface area (Å²) in [7, 11) is 3.39. The molecule has 0 saturated heterocycles. The zero-order chi connectivity index (χ0) is 26.2. The second-order valence-electron chi connectivity index (χ2n) is 9.15. The number of nitrogens with one attached hydrogen (secondary N) is 1. The van der Waals surface area contributed by atoms with Gasteiger partial charge in [-0.3, -0.25) is 9.59 Å². The quantitative estimate of drug-likeness (QED) is 0.572. The Morgan fingerprint density at radius 2 is 1.72 bits per heavy atom. The van der Waals surface area contributed by atoms with Crippen molar-refractivity contribution in [1.82, 2.24) is 14.6 Å². The van der Waals surface area contributed by atoms with Gasteiger partial charge in [0.15, 0.2) is 0 Å². The highest BCUT2D eigenvalue weighted by Crippen LogP contribution is 2.30. The number of benzene rings is 2. The van der Waals surface area contributed by atoms with E-state index in [-0.39, 0.29) is 24.0 Å². The number of hydrogen-bond acceptors (Lipinski definition) is 5. The summed E-state index contributed by atoms with van der Waals surface area (Å²) in [5.41, 5.74) is 2.27. The van der Waals surface area contributed by atoms with Crippen LogP contribution >= 0.6 is 0 Å². The molecule has 0 aliphatic carbocycles. The molecule has 3 aromatic rings. The molecule has 1 unspecified atom stereocenters. The van der Waals surface area contributed by atoms with Crippen LogP contribution in [0.2, 0.25) is 0 Å². The molecule has 2 aromatic carbocycles. The molecule has 190 valence electrons. The van der Waals surface area contributed by atoms with Gasteiger partial charge in [-0.05, 0) is 43.7 Å². The largest absolute Gasteiger partial charge is 0.416 e. The summed E-state index contributed by atoms with van der Waals surface area (Å²) in [5.74, 6) is 0.143. The van der Waals surface area contributed by atoms with Gasteiger partial charge in [-0.1, -0.05) is 29.8 Å². The third kappa shape index (κ3) is 5.07. The Morgan fingerprint density at radius 3 is 2.31 bits per heavy atom. The van der Waals surface area contributed by atoms with Gasteiger partial charge in [0.05, 0.1) is 29.4 Å². The van der Waals surface area contributed by atoms with Crippen molar-refractivity contribution < 1.29 is 18.0 Å². The molecule has 2 heterocycles. The zero-order valence-corrected chi connectivity index (χ0v) is 20.6. The summed E-state index contributed by atoms with van der Waals surface area (Å²) in [5, 5.41) is 4.75. The Hall–Kier alpha value is -3.82. The summed E-state index contributed by atoms with van der Waals surface area (Å²) in [6, 6.07) is 11.8. The van der Waals surface area contributed by atoms with Crippen LogP contribution in [0.5, 0.6) is 0 Å². The van der Waals surface area contributed by atoms with E-state index in [1.54, 1.807) is 43.1 Å². The standard InChI is InChI=1S/C26H28F3N5O2/c1-16-5-7-19(8-6-16)23(35)33-14-13-22-21(15-33)24(36)34(32(3)4)25(31-22)30-17(2)18-9-11-20(12-10-18)26(27,28)29/h5-12,17H,13-15H2,1-4H3,(H,30,31). The molecule has 0 saturated carbocycles. The van der Waals surface area contributed by atoms with Gasteiger partial charge < -0.3 is 15.2 Å². The van der Waals surface area contributed by atoms with Crippen LogP contribution in [0.15, 0.2) is 53.3 Å². The first-order chi connectivity index (χ1) is 17.0. The third-order valence-corrected chi connectivity index (χ3v) is 6.28. The normalized spacial score (nSPS) is 14.2. The van der Waals surface area contributed by atoms with E-state index in [4.69, 9.17) is 0 Å². The summed E-state index contributed by atoms with van der Waals surface area (Å²) < 4.78 is 40.1. The van der Waals surface area contributed by atoms with Crippen molar-refractivity contribution in [3.63, 3.8) is 0 Å². The maximum atomic E-state index is 13.5. The van der Waals surface area contributed by atoms with Crippen molar-refractivity contribution >= 4 is 11.9 Å². The Labute approximate surface area is 207 Å². The molecule has 0 spiro atoms. The number of nitrogens with zero attached hydrogens (tertiary/aromatic N) is 4. The zero-order valence-electron chi connectivity index (χ0n) is 20.6. The van der Waals surface area contributed by atoms with E-state index in [0.29, 0.717) is 35.3 Å². The van der Waals surface area contributed by atoms with Crippen LogP contribution in [-0.2, 0) is 19.1 Å². The molecule has 1 N–H and O–H groups in total. The molecule has 7 nitrogen and oxygen atoms in total. The lowest BCUT2D eigenvalue weighted by Gasteiger charge is -2.31. The van der Waals surface area contributed by atoms with Crippen LogP contribution in [0, 0.1) is 6.92 Å². The van der Waals surface area contributed by atoms with Crippen molar-refractivity contribution in [3.8, 4) is 0 Å². The van der Waals surface area contributed by atoms with E-state index < -0.39 is 17.8 Å². The monoisotopic (exact) mass is 499 g/mol. The van der Waals surface area contributed by atoms with Gasteiger partial charge >= 0.3 is 6.18 Å². The van der Waals surface area contributed by atoms with Gasteiger partial charge in [0.1, 0.15) is 0 Å². The van der Waals surface area contributed by atoms with Gasteiger partial charge in [-0.15, -0.1) is 0 Å². The molecule has 0 radical (unpaired) electrons. The summed E-state index contributed by atoms with van der Waals surface area (Å²) >= 11 is 0. The number of carbonyl (C=O) groups excluding carboxylic acids is 1. The fourth-order valence-electron chi connectivity index (χ4n) is 4.22. The van der Waals surface area contributed by atoms with Crippen LogP contribution in [0.3, 0.4) is 0 Å². The predicted octanol–water partition coefficient (Wildman–Crippen LogP) is 4.14. The second-order valence-corrected chi connectivity index (χ2v) is 9.15. The average Bonchev–Trinajstić information content (AvgIpc) is 2.83. The molecular weight excluding hydrogens is 471 g/mol. The number of alkyl halides is 3.